The number of aromatic nitrogens is 1. The number of esters is 1. The van der Waals surface area contributed by atoms with E-state index >= 15 is 0 Å². The highest BCUT2D eigenvalue weighted by atomic mass is 19.1. The standard InChI is InChI=1S/C23H27FN2O4/c1-6-30-23(29)20-13(2)19(14(3)25(20)5)21(27)15(4)26(18-10-11-18)22(28)16-8-7-9-17(24)12-16/h7-9,12,15,18H,6,10-11H2,1-5H3. The van der Waals surface area contributed by atoms with E-state index in [1.165, 1.54) is 18.2 Å². The van der Waals surface area contributed by atoms with E-state index in [4.69, 9.17) is 4.74 Å². The Morgan fingerprint density at radius 2 is 1.93 bits per heavy atom. The molecule has 1 aromatic carbocycles. The van der Waals surface area contributed by atoms with E-state index in [9.17, 15) is 18.8 Å². The van der Waals surface area contributed by atoms with Crippen LogP contribution in [0.1, 0.15) is 69.2 Å². The van der Waals surface area contributed by atoms with Crippen molar-refractivity contribution in [2.45, 2.75) is 52.6 Å². The Bertz CT molecular complexity index is 1010. The number of Topliss-reactive ketones (excluding diaryl/α,β-unsaturated/α-hetero) is 1. The SMILES string of the molecule is CCOC(=O)c1c(C)c(C(=O)C(C)N(C(=O)c2cccc(F)c2)C2CC2)c(C)n1C. The van der Waals surface area contributed by atoms with E-state index in [-0.39, 0.29) is 29.9 Å². The third kappa shape index (κ3) is 3.88. The Labute approximate surface area is 175 Å². The van der Waals surface area contributed by atoms with Gasteiger partial charge in [0.05, 0.1) is 12.6 Å². The van der Waals surface area contributed by atoms with E-state index in [1.807, 2.05) is 0 Å². The number of halogens is 1. The normalized spacial score (nSPS) is 14.3. The molecule has 1 unspecified atom stereocenters. The molecule has 6 nitrogen and oxygen atoms in total. The first-order valence-electron chi connectivity index (χ1n) is 10.1. The first kappa shape index (κ1) is 21.7. The van der Waals surface area contributed by atoms with Gasteiger partial charge < -0.3 is 14.2 Å². The van der Waals surface area contributed by atoms with Gasteiger partial charge in [0, 0.05) is 29.9 Å². The van der Waals surface area contributed by atoms with Gasteiger partial charge in [0.25, 0.3) is 5.91 Å². The van der Waals surface area contributed by atoms with Crippen LogP contribution in [0.3, 0.4) is 0 Å². The zero-order valence-electron chi connectivity index (χ0n) is 18.0. The smallest absolute Gasteiger partial charge is 0.355 e. The van der Waals surface area contributed by atoms with Gasteiger partial charge in [-0.05, 0) is 64.3 Å². The number of hydrogen-bond donors (Lipinski definition) is 0. The highest BCUT2D eigenvalue weighted by molar-refractivity contribution is 6.07. The molecule has 0 aliphatic heterocycles. The Morgan fingerprint density at radius 1 is 1.27 bits per heavy atom. The second-order valence-electron chi connectivity index (χ2n) is 7.71. The van der Waals surface area contributed by atoms with Crippen LogP contribution in [0.5, 0.6) is 0 Å². The predicted molar refractivity (Wildman–Crippen MR) is 110 cm³/mol. The molecule has 1 atom stereocenters. The lowest BCUT2D eigenvalue weighted by Crippen LogP contribution is -2.45. The summed E-state index contributed by atoms with van der Waals surface area (Å²) in [6, 6.07) is 4.71. The molecule has 1 aromatic heterocycles. The Hall–Kier alpha value is -2.96. The number of carbonyl (C=O) groups excluding carboxylic acids is 3. The molecular weight excluding hydrogens is 387 g/mol. The first-order chi connectivity index (χ1) is 14.2. The highest BCUT2D eigenvalue weighted by Crippen LogP contribution is 2.33. The van der Waals surface area contributed by atoms with Crippen LogP contribution < -0.4 is 0 Å². The summed E-state index contributed by atoms with van der Waals surface area (Å²) in [7, 11) is 1.71. The molecule has 160 valence electrons. The van der Waals surface area contributed by atoms with Gasteiger partial charge >= 0.3 is 5.97 Å². The fraction of sp³-hybridized carbons (Fsp3) is 0.435. The van der Waals surface area contributed by atoms with Crippen LogP contribution in [0, 0.1) is 19.7 Å². The minimum atomic E-state index is -0.747. The number of hydrogen-bond acceptors (Lipinski definition) is 4. The average Bonchev–Trinajstić information content (AvgIpc) is 3.49. The number of benzene rings is 1. The molecule has 1 amide bonds. The lowest BCUT2D eigenvalue weighted by molar-refractivity contribution is 0.0513. The van der Waals surface area contributed by atoms with Gasteiger partial charge in [0.15, 0.2) is 5.78 Å². The lowest BCUT2D eigenvalue weighted by atomic mass is 9.99. The molecule has 3 rings (SSSR count). The molecule has 0 spiro atoms. The van der Waals surface area contributed by atoms with Gasteiger partial charge in [-0.3, -0.25) is 9.59 Å². The number of amides is 1. The second-order valence-corrected chi connectivity index (χ2v) is 7.71. The fourth-order valence-electron chi connectivity index (χ4n) is 3.95. The van der Waals surface area contributed by atoms with Crippen molar-refractivity contribution in [1.29, 1.82) is 0 Å². The number of nitrogens with zero attached hydrogens (tertiary/aromatic N) is 2. The van der Waals surface area contributed by atoms with Crippen LogP contribution in [0.25, 0.3) is 0 Å². The maximum Gasteiger partial charge on any atom is 0.355 e. The monoisotopic (exact) mass is 414 g/mol. The molecule has 7 heteroatoms. The van der Waals surface area contributed by atoms with Crippen molar-refractivity contribution < 1.29 is 23.5 Å². The van der Waals surface area contributed by atoms with E-state index in [0.717, 1.165) is 12.8 Å². The van der Waals surface area contributed by atoms with E-state index in [1.54, 1.807) is 50.3 Å². The summed E-state index contributed by atoms with van der Waals surface area (Å²) in [6.07, 6.45) is 1.61. The number of ether oxygens (including phenoxy) is 1. The predicted octanol–water partition coefficient (Wildman–Crippen LogP) is 3.83. The Balaban J connectivity index is 1.96. The maximum absolute atomic E-state index is 13.6. The number of rotatable bonds is 7. The molecule has 0 saturated heterocycles. The van der Waals surface area contributed by atoms with Crippen LogP contribution >= 0.6 is 0 Å². The topological polar surface area (TPSA) is 68.6 Å². The van der Waals surface area contributed by atoms with Gasteiger partial charge in [0.1, 0.15) is 11.5 Å². The van der Waals surface area contributed by atoms with Crippen molar-refractivity contribution >= 4 is 17.7 Å². The second kappa shape index (κ2) is 8.42. The first-order valence-corrected chi connectivity index (χ1v) is 10.1. The van der Waals surface area contributed by atoms with E-state index in [2.05, 4.69) is 0 Å². The maximum atomic E-state index is 13.6. The lowest BCUT2D eigenvalue weighted by Gasteiger charge is -2.29. The molecule has 1 aliphatic rings. The van der Waals surface area contributed by atoms with Gasteiger partial charge in [0.2, 0.25) is 0 Å². The Kier molecular flexibility index (Phi) is 6.10. The van der Waals surface area contributed by atoms with E-state index < -0.39 is 17.8 Å². The molecule has 2 aromatic rings. The summed E-state index contributed by atoms with van der Waals surface area (Å²) in [5.74, 6) is -1.59. The minimum absolute atomic E-state index is 0.0476. The van der Waals surface area contributed by atoms with Crippen LogP contribution in [0.4, 0.5) is 4.39 Å². The molecule has 1 saturated carbocycles. The summed E-state index contributed by atoms with van der Waals surface area (Å²) >= 11 is 0. The third-order valence-electron chi connectivity index (χ3n) is 5.69. The summed E-state index contributed by atoms with van der Waals surface area (Å²) in [6.45, 7) is 7.14. The van der Waals surface area contributed by atoms with Crippen molar-refractivity contribution in [3.05, 3.63) is 58.2 Å². The van der Waals surface area contributed by atoms with Crippen molar-refractivity contribution in [1.82, 2.24) is 9.47 Å². The summed E-state index contributed by atoms with van der Waals surface area (Å²) in [5, 5.41) is 0. The van der Waals surface area contributed by atoms with Crippen LogP contribution in [0.15, 0.2) is 24.3 Å². The van der Waals surface area contributed by atoms with Crippen molar-refractivity contribution in [2.75, 3.05) is 6.61 Å². The van der Waals surface area contributed by atoms with E-state index in [0.29, 0.717) is 22.5 Å². The largest absolute Gasteiger partial charge is 0.461 e. The van der Waals surface area contributed by atoms with Crippen molar-refractivity contribution in [3.8, 4) is 0 Å². The summed E-state index contributed by atoms with van der Waals surface area (Å²) < 4.78 is 20.4. The zero-order valence-corrected chi connectivity index (χ0v) is 18.0. The van der Waals surface area contributed by atoms with Crippen LogP contribution in [0.2, 0.25) is 0 Å². The fourth-order valence-corrected chi connectivity index (χ4v) is 3.95. The molecule has 1 aliphatic carbocycles. The zero-order chi connectivity index (χ0) is 22.2. The third-order valence-corrected chi connectivity index (χ3v) is 5.69. The van der Waals surface area contributed by atoms with Gasteiger partial charge in [-0.1, -0.05) is 6.07 Å². The molecule has 0 radical (unpaired) electrons. The average molecular weight is 414 g/mol. The van der Waals surface area contributed by atoms with Crippen LogP contribution in [-0.2, 0) is 11.8 Å². The minimum Gasteiger partial charge on any atom is -0.461 e. The van der Waals surface area contributed by atoms with Gasteiger partial charge in [-0.2, -0.15) is 0 Å². The number of ketones is 1. The van der Waals surface area contributed by atoms with Crippen molar-refractivity contribution in [3.63, 3.8) is 0 Å². The molecular formula is C23H27FN2O4. The highest BCUT2D eigenvalue weighted by Gasteiger charge is 2.40. The summed E-state index contributed by atoms with van der Waals surface area (Å²) in [4.78, 5) is 40.5. The number of carbonyl (C=O) groups is 3. The van der Waals surface area contributed by atoms with Gasteiger partial charge in [-0.25, -0.2) is 9.18 Å². The molecule has 1 heterocycles. The molecule has 1 fully saturated rings. The van der Waals surface area contributed by atoms with Gasteiger partial charge in [-0.15, -0.1) is 0 Å². The molecule has 0 bridgehead atoms. The summed E-state index contributed by atoms with van der Waals surface area (Å²) in [5.41, 5.74) is 2.15. The quantitative estimate of drug-likeness (QED) is 0.510. The van der Waals surface area contributed by atoms with Crippen LogP contribution in [-0.4, -0.2) is 45.8 Å². The molecule has 30 heavy (non-hydrogen) atoms. The van der Waals surface area contributed by atoms with Crippen molar-refractivity contribution in [2.24, 2.45) is 7.05 Å². The molecule has 0 N–H and O–H groups in total. The Morgan fingerprint density at radius 3 is 2.50 bits per heavy atom.